The Balaban J connectivity index is 2.02. The Morgan fingerprint density at radius 3 is 2.20 bits per heavy atom. The smallest absolute Gasteiger partial charge is 0.306 e. The molecule has 2 aromatic rings. The van der Waals surface area contributed by atoms with E-state index in [0.717, 1.165) is 16.7 Å². The van der Waals surface area contributed by atoms with E-state index >= 15 is 0 Å². The molecule has 2 aromatic carbocycles. The van der Waals surface area contributed by atoms with Crippen LogP contribution >= 0.6 is 0 Å². The summed E-state index contributed by atoms with van der Waals surface area (Å²) in [6.45, 7) is 3.61. The highest BCUT2D eigenvalue weighted by Crippen LogP contribution is 2.20. The number of carboxylic acid groups (broad SMARTS) is 1. The summed E-state index contributed by atoms with van der Waals surface area (Å²) < 4.78 is 4.84. The summed E-state index contributed by atoms with van der Waals surface area (Å²) in [6.07, 6.45) is 0.842. The van der Waals surface area contributed by atoms with Crippen LogP contribution in [0.3, 0.4) is 0 Å². The number of carbonyl (C=O) groups excluding carboxylic acids is 2. The van der Waals surface area contributed by atoms with Gasteiger partial charge in [-0.3, -0.25) is 14.4 Å². The van der Waals surface area contributed by atoms with Gasteiger partial charge < -0.3 is 15.2 Å². The average molecular weight is 411 g/mol. The van der Waals surface area contributed by atoms with E-state index in [0.29, 0.717) is 12.8 Å². The lowest BCUT2D eigenvalue weighted by molar-refractivity contribution is -0.144. The highest BCUT2D eigenvalue weighted by Gasteiger charge is 2.21. The Labute approximate surface area is 177 Å². The van der Waals surface area contributed by atoms with Crippen LogP contribution in [0.15, 0.2) is 54.6 Å². The molecule has 2 atom stereocenters. The molecule has 0 aliphatic carbocycles. The van der Waals surface area contributed by atoms with Crippen molar-refractivity contribution in [1.82, 2.24) is 5.32 Å². The predicted molar refractivity (Wildman–Crippen MR) is 115 cm³/mol. The van der Waals surface area contributed by atoms with Gasteiger partial charge in [0.2, 0.25) is 5.91 Å². The van der Waals surface area contributed by atoms with E-state index in [2.05, 4.69) is 5.32 Å². The van der Waals surface area contributed by atoms with Crippen molar-refractivity contribution in [2.24, 2.45) is 5.92 Å². The number of benzene rings is 2. The number of ether oxygens (including phenoxy) is 1. The van der Waals surface area contributed by atoms with Gasteiger partial charge >= 0.3 is 11.9 Å². The van der Waals surface area contributed by atoms with Crippen LogP contribution in [0.25, 0.3) is 11.1 Å². The van der Waals surface area contributed by atoms with Crippen molar-refractivity contribution in [3.63, 3.8) is 0 Å². The molecule has 6 nitrogen and oxygen atoms in total. The molecule has 0 saturated carbocycles. The zero-order chi connectivity index (χ0) is 21.9. The average Bonchev–Trinajstić information content (AvgIpc) is 2.73. The molecule has 0 aliphatic rings. The lowest BCUT2D eigenvalue weighted by Gasteiger charge is -2.21. The Morgan fingerprint density at radius 2 is 1.60 bits per heavy atom. The third kappa shape index (κ3) is 7.70. The van der Waals surface area contributed by atoms with Gasteiger partial charge in [0.05, 0.1) is 18.9 Å². The zero-order valence-electron chi connectivity index (χ0n) is 17.5. The topological polar surface area (TPSA) is 92.7 Å². The van der Waals surface area contributed by atoms with Crippen molar-refractivity contribution >= 4 is 17.8 Å². The van der Waals surface area contributed by atoms with E-state index in [-0.39, 0.29) is 31.4 Å². The SMILES string of the molecule is CCOC(=O)CCC(=O)N[C@@H](Cc1ccc(-c2ccccc2)cc1)C[C@H](C)C(=O)O. The summed E-state index contributed by atoms with van der Waals surface area (Å²) in [5.41, 5.74) is 3.21. The molecule has 6 heteroatoms. The number of esters is 1. The summed E-state index contributed by atoms with van der Waals surface area (Å²) in [6, 6.07) is 17.7. The van der Waals surface area contributed by atoms with E-state index < -0.39 is 17.9 Å². The van der Waals surface area contributed by atoms with Crippen molar-refractivity contribution < 1.29 is 24.2 Å². The minimum absolute atomic E-state index is 0.00660. The van der Waals surface area contributed by atoms with Crippen LogP contribution in [-0.2, 0) is 25.5 Å². The molecule has 0 unspecified atom stereocenters. The van der Waals surface area contributed by atoms with Gasteiger partial charge in [-0.2, -0.15) is 0 Å². The summed E-state index contributed by atoms with van der Waals surface area (Å²) >= 11 is 0. The second kappa shape index (κ2) is 11.8. The van der Waals surface area contributed by atoms with Crippen molar-refractivity contribution in [2.45, 2.75) is 45.6 Å². The van der Waals surface area contributed by atoms with Crippen LogP contribution in [0, 0.1) is 5.92 Å². The van der Waals surface area contributed by atoms with E-state index in [1.54, 1.807) is 13.8 Å². The van der Waals surface area contributed by atoms with Crippen LogP contribution in [0.5, 0.6) is 0 Å². The lowest BCUT2D eigenvalue weighted by Crippen LogP contribution is -2.38. The molecule has 0 fully saturated rings. The fourth-order valence-corrected chi connectivity index (χ4v) is 3.22. The van der Waals surface area contributed by atoms with Crippen LogP contribution in [-0.4, -0.2) is 35.6 Å². The molecule has 160 valence electrons. The van der Waals surface area contributed by atoms with Crippen LogP contribution in [0.4, 0.5) is 0 Å². The second-order valence-electron chi connectivity index (χ2n) is 7.31. The Morgan fingerprint density at radius 1 is 0.967 bits per heavy atom. The first-order chi connectivity index (χ1) is 14.4. The number of nitrogens with one attached hydrogen (secondary N) is 1. The van der Waals surface area contributed by atoms with Crippen molar-refractivity contribution in [1.29, 1.82) is 0 Å². The lowest BCUT2D eigenvalue weighted by atomic mass is 9.95. The molecule has 1 amide bonds. The van der Waals surface area contributed by atoms with Gasteiger partial charge in [0.1, 0.15) is 0 Å². The first-order valence-corrected chi connectivity index (χ1v) is 10.2. The summed E-state index contributed by atoms with van der Waals surface area (Å²) in [4.78, 5) is 35.0. The second-order valence-corrected chi connectivity index (χ2v) is 7.31. The predicted octanol–water partition coefficient (Wildman–Crippen LogP) is 3.84. The molecule has 0 spiro atoms. The number of hydrogen-bond donors (Lipinski definition) is 2. The molecule has 2 N–H and O–H groups in total. The Hall–Kier alpha value is -3.15. The van der Waals surface area contributed by atoms with E-state index in [1.165, 1.54) is 0 Å². The number of carboxylic acids is 1. The molecule has 0 saturated heterocycles. The molecule has 2 rings (SSSR count). The zero-order valence-corrected chi connectivity index (χ0v) is 17.5. The molecule has 0 radical (unpaired) electrons. The fraction of sp³-hybridized carbons (Fsp3) is 0.375. The minimum atomic E-state index is -0.903. The number of hydrogen-bond acceptors (Lipinski definition) is 4. The van der Waals surface area contributed by atoms with Gasteiger partial charge in [0.25, 0.3) is 0 Å². The maximum Gasteiger partial charge on any atom is 0.306 e. The van der Waals surface area contributed by atoms with Gasteiger partial charge in [-0.05, 0) is 36.5 Å². The van der Waals surface area contributed by atoms with E-state index in [4.69, 9.17) is 4.74 Å². The van der Waals surface area contributed by atoms with E-state index in [1.807, 2.05) is 54.6 Å². The Bertz CT molecular complexity index is 832. The summed E-state index contributed by atoms with van der Waals surface area (Å²) in [7, 11) is 0. The number of carbonyl (C=O) groups is 3. The fourth-order valence-electron chi connectivity index (χ4n) is 3.22. The summed E-state index contributed by atoms with van der Waals surface area (Å²) in [5, 5.41) is 12.1. The highest BCUT2D eigenvalue weighted by atomic mass is 16.5. The number of rotatable bonds is 11. The van der Waals surface area contributed by atoms with Crippen LogP contribution in [0.2, 0.25) is 0 Å². The monoisotopic (exact) mass is 411 g/mol. The quantitative estimate of drug-likeness (QED) is 0.548. The van der Waals surface area contributed by atoms with Gasteiger partial charge in [-0.15, -0.1) is 0 Å². The molecule has 0 aromatic heterocycles. The maximum absolute atomic E-state index is 12.3. The van der Waals surface area contributed by atoms with Crippen LogP contribution < -0.4 is 5.32 Å². The molecular weight excluding hydrogens is 382 g/mol. The van der Waals surface area contributed by atoms with Gasteiger partial charge in [0, 0.05) is 12.5 Å². The van der Waals surface area contributed by atoms with Gasteiger partial charge in [-0.1, -0.05) is 61.5 Å². The number of amides is 1. The van der Waals surface area contributed by atoms with Gasteiger partial charge in [0.15, 0.2) is 0 Å². The largest absolute Gasteiger partial charge is 0.481 e. The first-order valence-electron chi connectivity index (χ1n) is 10.2. The third-order valence-corrected chi connectivity index (χ3v) is 4.83. The Kier molecular flexibility index (Phi) is 9.06. The molecule has 0 bridgehead atoms. The maximum atomic E-state index is 12.3. The van der Waals surface area contributed by atoms with Crippen molar-refractivity contribution in [3.8, 4) is 11.1 Å². The molecule has 30 heavy (non-hydrogen) atoms. The minimum Gasteiger partial charge on any atom is -0.481 e. The highest BCUT2D eigenvalue weighted by molar-refractivity contribution is 5.81. The summed E-state index contributed by atoms with van der Waals surface area (Å²) in [5.74, 6) is -2.20. The third-order valence-electron chi connectivity index (χ3n) is 4.83. The van der Waals surface area contributed by atoms with Gasteiger partial charge in [-0.25, -0.2) is 0 Å². The van der Waals surface area contributed by atoms with E-state index in [9.17, 15) is 19.5 Å². The first kappa shape index (κ1) is 23.1. The van der Waals surface area contributed by atoms with Crippen LogP contribution in [0.1, 0.15) is 38.7 Å². The number of aliphatic carboxylic acids is 1. The standard InChI is InChI=1S/C24H29NO5/c1-3-30-23(27)14-13-22(26)25-21(15-17(2)24(28)29)16-18-9-11-20(12-10-18)19-7-5-4-6-8-19/h4-12,17,21H,3,13-16H2,1-2H3,(H,25,26)(H,28,29)/t17-,21+/m0/s1. The molecule has 0 aliphatic heterocycles. The van der Waals surface area contributed by atoms with Crippen molar-refractivity contribution in [2.75, 3.05) is 6.61 Å². The normalized spacial score (nSPS) is 12.6. The molecular formula is C24H29NO5. The van der Waals surface area contributed by atoms with Crippen molar-refractivity contribution in [3.05, 3.63) is 60.2 Å². The molecule has 0 heterocycles.